The lowest BCUT2D eigenvalue weighted by Gasteiger charge is -2.17. The highest BCUT2D eigenvalue weighted by Gasteiger charge is 2.10. The Kier molecular flexibility index (Phi) is 3.99. The van der Waals surface area contributed by atoms with E-state index in [0.29, 0.717) is 4.99 Å². The molecule has 1 aromatic heterocycles. The summed E-state index contributed by atoms with van der Waals surface area (Å²) in [6.45, 7) is 4.20. The molecule has 2 rings (SSSR count). The largest absolute Gasteiger partial charge is 0.389 e. The van der Waals surface area contributed by atoms with Crippen LogP contribution in [0.15, 0.2) is 35.7 Å². The van der Waals surface area contributed by atoms with Gasteiger partial charge in [-0.25, -0.2) is 0 Å². The lowest BCUT2D eigenvalue weighted by atomic mass is 10.1. The maximum absolute atomic E-state index is 5.75. The Balaban J connectivity index is 2.28. The molecule has 0 amide bonds. The Labute approximate surface area is 117 Å². The molecule has 2 nitrogen and oxygen atoms in total. The smallest absolute Gasteiger partial charge is 0.106 e. The van der Waals surface area contributed by atoms with Gasteiger partial charge in [-0.2, -0.15) is 0 Å². The molecule has 0 saturated heterocycles. The number of thiophene rings is 1. The summed E-state index contributed by atoms with van der Waals surface area (Å²) >= 11 is 6.83. The van der Waals surface area contributed by atoms with Crippen molar-refractivity contribution in [3.63, 3.8) is 0 Å². The lowest BCUT2D eigenvalue weighted by Crippen LogP contribution is -2.14. The van der Waals surface area contributed by atoms with Gasteiger partial charge in [-0.05, 0) is 43.0 Å². The quantitative estimate of drug-likeness (QED) is 0.833. The first-order chi connectivity index (χ1) is 8.58. The van der Waals surface area contributed by atoms with Gasteiger partial charge in [0.15, 0.2) is 0 Å². The number of nitrogens with one attached hydrogen (secondary N) is 1. The fourth-order valence-electron chi connectivity index (χ4n) is 1.83. The number of hydrogen-bond donors (Lipinski definition) is 2. The van der Waals surface area contributed by atoms with Crippen molar-refractivity contribution >= 4 is 34.2 Å². The van der Waals surface area contributed by atoms with Crippen LogP contribution in [0.5, 0.6) is 0 Å². The van der Waals surface area contributed by atoms with E-state index >= 15 is 0 Å². The molecule has 0 radical (unpaired) electrons. The van der Waals surface area contributed by atoms with E-state index in [1.54, 1.807) is 11.3 Å². The van der Waals surface area contributed by atoms with Gasteiger partial charge in [-0.3, -0.25) is 0 Å². The Bertz CT molecular complexity index is 547. The zero-order valence-corrected chi connectivity index (χ0v) is 12.1. The van der Waals surface area contributed by atoms with Crippen molar-refractivity contribution in [2.24, 2.45) is 5.73 Å². The molecule has 1 heterocycles. The Morgan fingerprint density at radius 2 is 2.17 bits per heavy atom. The third-order valence-corrected chi connectivity index (χ3v) is 4.06. The number of nitrogens with two attached hydrogens (primary N) is 1. The van der Waals surface area contributed by atoms with E-state index in [9.17, 15) is 0 Å². The second-order valence-corrected chi connectivity index (χ2v) is 5.71. The van der Waals surface area contributed by atoms with E-state index in [2.05, 4.69) is 42.7 Å². The molecule has 2 aromatic rings. The van der Waals surface area contributed by atoms with Crippen LogP contribution in [-0.4, -0.2) is 4.99 Å². The van der Waals surface area contributed by atoms with Crippen molar-refractivity contribution in [2.45, 2.75) is 19.9 Å². The van der Waals surface area contributed by atoms with Crippen LogP contribution in [0.1, 0.15) is 29.0 Å². The highest BCUT2D eigenvalue weighted by Crippen LogP contribution is 2.26. The van der Waals surface area contributed by atoms with Crippen LogP contribution in [0.25, 0.3) is 0 Å². The molecule has 4 heteroatoms. The summed E-state index contributed by atoms with van der Waals surface area (Å²) in [5.74, 6) is 0. The summed E-state index contributed by atoms with van der Waals surface area (Å²) in [5, 5.41) is 5.56. The molecule has 0 spiro atoms. The molecule has 3 N–H and O–H groups in total. The Hall–Kier alpha value is -1.39. The summed E-state index contributed by atoms with van der Waals surface area (Å²) in [7, 11) is 0. The molecule has 0 saturated carbocycles. The number of benzene rings is 1. The van der Waals surface area contributed by atoms with Crippen LogP contribution in [0.3, 0.4) is 0 Å². The highest BCUT2D eigenvalue weighted by molar-refractivity contribution is 7.80. The SMILES string of the molecule is Cc1ccc(C(N)=S)c(NC(C)c2cccs2)c1. The highest BCUT2D eigenvalue weighted by atomic mass is 32.1. The second-order valence-electron chi connectivity index (χ2n) is 4.29. The van der Waals surface area contributed by atoms with Gasteiger partial charge in [0, 0.05) is 16.1 Å². The fraction of sp³-hybridized carbons (Fsp3) is 0.214. The average molecular weight is 276 g/mol. The molecular formula is C14H16N2S2. The minimum absolute atomic E-state index is 0.250. The standard InChI is InChI=1S/C14H16N2S2/c1-9-5-6-11(14(15)17)12(8-9)16-10(2)13-4-3-7-18-13/h3-8,10,16H,1-2H3,(H2,15,17). The monoisotopic (exact) mass is 276 g/mol. The molecule has 0 aliphatic heterocycles. The number of rotatable bonds is 4. The summed E-state index contributed by atoms with van der Waals surface area (Å²) in [6.07, 6.45) is 0. The van der Waals surface area contributed by atoms with E-state index < -0.39 is 0 Å². The second kappa shape index (κ2) is 5.50. The van der Waals surface area contributed by atoms with Gasteiger partial charge >= 0.3 is 0 Å². The average Bonchev–Trinajstić information content (AvgIpc) is 2.81. The van der Waals surface area contributed by atoms with E-state index in [4.69, 9.17) is 18.0 Å². The summed E-state index contributed by atoms with van der Waals surface area (Å²) in [4.78, 5) is 1.72. The molecule has 18 heavy (non-hydrogen) atoms. The van der Waals surface area contributed by atoms with Gasteiger partial charge in [0.25, 0.3) is 0 Å². The first kappa shape index (κ1) is 13.1. The third kappa shape index (κ3) is 2.89. The number of aryl methyl sites for hydroxylation is 1. The van der Waals surface area contributed by atoms with Gasteiger partial charge in [0.05, 0.1) is 6.04 Å². The molecule has 1 aromatic carbocycles. The lowest BCUT2D eigenvalue weighted by molar-refractivity contribution is 0.907. The van der Waals surface area contributed by atoms with Gasteiger partial charge in [0.1, 0.15) is 4.99 Å². The first-order valence-corrected chi connectivity index (χ1v) is 7.07. The maximum Gasteiger partial charge on any atom is 0.106 e. The predicted octanol–water partition coefficient (Wildman–Crippen LogP) is 3.86. The molecule has 1 unspecified atom stereocenters. The van der Waals surface area contributed by atoms with Gasteiger partial charge in [0.2, 0.25) is 0 Å². The van der Waals surface area contributed by atoms with Crippen molar-refractivity contribution in [1.29, 1.82) is 0 Å². The minimum Gasteiger partial charge on any atom is -0.389 e. The molecule has 0 aliphatic rings. The van der Waals surface area contributed by atoms with Crippen molar-refractivity contribution in [2.75, 3.05) is 5.32 Å². The molecule has 0 fully saturated rings. The van der Waals surface area contributed by atoms with Crippen LogP contribution in [-0.2, 0) is 0 Å². The minimum atomic E-state index is 0.250. The van der Waals surface area contributed by atoms with E-state index in [0.717, 1.165) is 11.3 Å². The van der Waals surface area contributed by atoms with Crippen molar-refractivity contribution < 1.29 is 0 Å². The number of thiocarbonyl (C=S) groups is 1. The molecule has 94 valence electrons. The van der Waals surface area contributed by atoms with Crippen LogP contribution in [0.4, 0.5) is 5.69 Å². The maximum atomic E-state index is 5.75. The topological polar surface area (TPSA) is 38.0 Å². The van der Waals surface area contributed by atoms with Crippen LogP contribution in [0, 0.1) is 6.92 Å². The zero-order valence-electron chi connectivity index (χ0n) is 10.4. The summed E-state index contributed by atoms with van der Waals surface area (Å²) in [5.41, 5.74) is 8.85. The van der Waals surface area contributed by atoms with Crippen LogP contribution in [0.2, 0.25) is 0 Å². The number of anilines is 1. The summed E-state index contributed by atoms with van der Waals surface area (Å²) < 4.78 is 0. The van der Waals surface area contributed by atoms with Gasteiger partial charge in [-0.1, -0.05) is 24.4 Å². The fourth-order valence-corrected chi connectivity index (χ4v) is 2.75. The van der Waals surface area contributed by atoms with Gasteiger partial charge in [-0.15, -0.1) is 11.3 Å². The predicted molar refractivity (Wildman–Crippen MR) is 83.4 cm³/mol. The van der Waals surface area contributed by atoms with E-state index in [1.165, 1.54) is 10.4 Å². The summed E-state index contributed by atoms with van der Waals surface area (Å²) in [6, 6.07) is 10.5. The Morgan fingerprint density at radius 3 is 2.78 bits per heavy atom. The van der Waals surface area contributed by atoms with Crippen molar-refractivity contribution in [3.05, 3.63) is 51.7 Å². The zero-order chi connectivity index (χ0) is 13.1. The Morgan fingerprint density at radius 1 is 1.39 bits per heavy atom. The normalized spacial score (nSPS) is 12.1. The van der Waals surface area contributed by atoms with E-state index in [1.807, 2.05) is 12.1 Å². The van der Waals surface area contributed by atoms with Crippen molar-refractivity contribution in [1.82, 2.24) is 0 Å². The van der Waals surface area contributed by atoms with Crippen LogP contribution >= 0.6 is 23.6 Å². The van der Waals surface area contributed by atoms with Gasteiger partial charge < -0.3 is 11.1 Å². The number of hydrogen-bond acceptors (Lipinski definition) is 3. The molecule has 0 bridgehead atoms. The first-order valence-electron chi connectivity index (χ1n) is 5.78. The molecular weight excluding hydrogens is 260 g/mol. The van der Waals surface area contributed by atoms with Crippen LogP contribution < -0.4 is 11.1 Å². The molecule has 0 aliphatic carbocycles. The van der Waals surface area contributed by atoms with E-state index in [-0.39, 0.29) is 6.04 Å². The van der Waals surface area contributed by atoms with Crippen molar-refractivity contribution in [3.8, 4) is 0 Å². The molecule has 1 atom stereocenters. The third-order valence-electron chi connectivity index (χ3n) is 2.78.